The second kappa shape index (κ2) is 9.04. The Labute approximate surface area is 146 Å². The van der Waals surface area contributed by atoms with Crippen molar-refractivity contribution in [2.75, 3.05) is 11.4 Å². The molecule has 2 rings (SSSR count). The van der Waals surface area contributed by atoms with Crippen molar-refractivity contribution in [2.24, 2.45) is 0 Å². The van der Waals surface area contributed by atoms with Crippen LogP contribution in [0.2, 0.25) is 5.02 Å². The molecule has 0 aliphatic rings. The minimum Gasteiger partial charge on any atom is -0.362 e. The minimum absolute atomic E-state index is 0. The van der Waals surface area contributed by atoms with Gasteiger partial charge in [-0.15, -0.1) is 6.07 Å². The number of carbonyl (C=O) groups excluding carboxylic acids is 1. The van der Waals surface area contributed by atoms with Crippen LogP contribution in [0.3, 0.4) is 0 Å². The molecule has 4 heteroatoms. The molecular weight excluding hydrogens is 318 g/mol. The molecule has 0 aliphatic carbocycles. The van der Waals surface area contributed by atoms with Gasteiger partial charge in [-0.25, -0.2) is 0 Å². The third-order valence-corrected chi connectivity index (χ3v) is 3.33. The second-order valence-corrected chi connectivity index (χ2v) is 5.02. The number of rotatable bonds is 5. The van der Waals surface area contributed by atoms with E-state index in [0.29, 0.717) is 17.1 Å². The Hall–Kier alpha value is -1.09. The predicted octanol–water partition coefficient (Wildman–Crippen LogP) is 4.58. The Morgan fingerprint density at radius 2 is 1.95 bits per heavy atom. The van der Waals surface area contributed by atoms with E-state index in [4.69, 9.17) is 11.6 Å². The van der Waals surface area contributed by atoms with E-state index < -0.39 is 0 Å². The Bertz CT molecular complexity index is 557. The summed E-state index contributed by atoms with van der Waals surface area (Å²) in [4.78, 5) is 14.4. The van der Waals surface area contributed by atoms with Gasteiger partial charge in [0.05, 0.1) is 0 Å². The summed E-state index contributed by atoms with van der Waals surface area (Å²) in [7, 11) is 0. The van der Waals surface area contributed by atoms with Gasteiger partial charge in [0.2, 0.25) is 5.91 Å². The fourth-order valence-electron chi connectivity index (χ4n) is 1.96. The zero-order valence-electron chi connectivity index (χ0n) is 12.0. The third-order valence-electron chi connectivity index (χ3n) is 3.07. The summed E-state index contributed by atoms with van der Waals surface area (Å²) in [6, 6.07) is 17.5. The van der Waals surface area contributed by atoms with E-state index in [9.17, 15) is 4.79 Å². The number of hydrogen-bond donors (Lipinski definition) is 0. The van der Waals surface area contributed by atoms with Crippen LogP contribution in [-0.2, 0) is 21.7 Å². The van der Waals surface area contributed by atoms with E-state index in [1.807, 2.05) is 24.3 Å². The molecule has 0 radical (unpaired) electrons. The molecule has 0 saturated carbocycles. The van der Waals surface area contributed by atoms with Gasteiger partial charge in [-0.1, -0.05) is 30.6 Å². The average molecular weight is 335 g/mol. The van der Waals surface area contributed by atoms with Gasteiger partial charge in [0.25, 0.3) is 0 Å². The van der Waals surface area contributed by atoms with E-state index >= 15 is 0 Å². The van der Waals surface area contributed by atoms with Crippen molar-refractivity contribution in [3.8, 4) is 0 Å². The molecule has 1 amide bonds. The van der Waals surface area contributed by atoms with Crippen molar-refractivity contribution in [2.45, 2.75) is 19.8 Å². The molecule has 2 aromatic carbocycles. The van der Waals surface area contributed by atoms with Crippen LogP contribution < -0.4 is 4.90 Å². The molecule has 0 aromatic heterocycles. The molecule has 2 aromatic rings. The first kappa shape index (κ1) is 18.0. The first-order chi connectivity index (χ1) is 9.72. The fraction of sp³-hybridized carbons (Fsp3) is 0.235. The van der Waals surface area contributed by atoms with Crippen LogP contribution in [-0.4, -0.2) is 12.5 Å². The van der Waals surface area contributed by atoms with Crippen molar-refractivity contribution < 1.29 is 26.5 Å². The van der Waals surface area contributed by atoms with E-state index in [0.717, 1.165) is 18.5 Å². The zero-order valence-corrected chi connectivity index (χ0v) is 14.3. The SMILES string of the molecule is CCCCN(C(=O)c1ccc(Cl)cc1)c1c[c-]ccc1.[Ti]. The first-order valence-corrected chi connectivity index (χ1v) is 7.13. The van der Waals surface area contributed by atoms with Crippen LogP contribution in [0, 0.1) is 6.07 Å². The first-order valence-electron chi connectivity index (χ1n) is 6.76. The number of benzene rings is 2. The summed E-state index contributed by atoms with van der Waals surface area (Å²) in [6.07, 6.45) is 2.01. The minimum atomic E-state index is -0.00489. The molecule has 0 aliphatic heterocycles. The topological polar surface area (TPSA) is 20.3 Å². The summed E-state index contributed by atoms with van der Waals surface area (Å²) in [6.45, 7) is 2.82. The zero-order chi connectivity index (χ0) is 14.4. The number of anilines is 1. The van der Waals surface area contributed by atoms with E-state index in [1.165, 1.54) is 0 Å². The third kappa shape index (κ3) is 4.99. The normalized spacial score (nSPS) is 9.81. The van der Waals surface area contributed by atoms with Crippen molar-refractivity contribution in [1.82, 2.24) is 0 Å². The Kier molecular flexibility index (Phi) is 7.73. The van der Waals surface area contributed by atoms with E-state index in [2.05, 4.69) is 13.0 Å². The van der Waals surface area contributed by atoms with Gasteiger partial charge in [0.15, 0.2) is 0 Å². The molecule has 21 heavy (non-hydrogen) atoms. The molecule has 0 fully saturated rings. The van der Waals surface area contributed by atoms with Crippen LogP contribution >= 0.6 is 11.6 Å². The van der Waals surface area contributed by atoms with Gasteiger partial charge in [-0.3, -0.25) is 4.79 Å². The van der Waals surface area contributed by atoms with Gasteiger partial charge in [0, 0.05) is 38.8 Å². The quantitative estimate of drug-likeness (QED) is 0.579. The van der Waals surface area contributed by atoms with Crippen LogP contribution in [0.15, 0.2) is 48.5 Å². The predicted molar refractivity (Wildman–Crippen MR) is 83.3 cm³/mol. The molecule has 2 nitrogen and oxygen atoms in total. The summed E-state index contributed by atoms with van der Waals surface area (Å²) in [5.74, 6) is -0.00489. The van der Waals surface area contributed by atoms with Crippen LogP contribution in [0.1, 0.15) is 30.1 Å². The summed E-state index contributed by atoms with van der Waals surface area (Å²) in [5, 5.41) is 0.634. The Morgan fingerprint density at radius 3 is 2.52 bits per heavy atom. The van der Waals surface area contributed by atoms with Gasteiger partial charge in [-0.05, 0) is 30.7 Å². The van der Waals surface area contributed by atoms with Gasteiger partial charge in [-0.2, -0.15) is 24.3 Å². The monoisotopic (exact) mass is 334 g/mol. The van der Waals surface area contributed by atoms with Gasteiger partial charge < -0.3 is 4.90 Å². The fourth-order valence-corrected chi connectivity index (χ4v) is 2.09. The average Bonchev–Trinajstić information content (AvgIpc) is 2.49. The molecule has 108 valence electrons. The summed E-state index contributed by atoms with van der Waals surface area (Å²) in [5.41, 5.74) is 1.52. The van der Waals surface area contributed by atoms with E-state index in [1.54, 1.807) is 29.2 Å². The van der Waals surface area contributed by atoms with E-state index in [-0.39, 0.29) is 27.6 Å². The van der Waals surface area contributed by atoms with Crippen molar-refractivity contribution in [1.29, 1.82) is 0 Å². The van der Waals surface area contributed by atoms with Crippen LogP contribution in [0.5, 0.6) is 0 Å². The number of carbonyl (C=O) groups is 1. The molecule has 0 bridgehead atoms. The largest absolute Gasteiger partial charge is 0.362 e. The number of amides is 1. The Balaban J connectivity index is 0.00000220. The molecule has 0 atom stereocenters. The summed E-state index contributed by atoms with van der Waals surface area (Å²) < 4.78 is 0. The van der Waals surface area contributed by atoms with Crippen LogP contribution in [0.4, 0.5) is 5.69 Å². The molecule has 0 spiro atoms. The molecule has 0 unspecified atom stereocenters. The summed E-state index contributed by atoms with van der Waals surface area (Å²) >= 11 is 5.87. The van der Waals surface area contributed by atoms with Crippen molar-refractivity contribution in [3.63, 3.8) is 0 Å². The number of nitrogens with zero attached hydrogens (tertiary/aromatic N) is 1. The standard InChI is InChI=1S/C17H17ClNO.Ti/c1-2-3-13-19(16-7-5-4-6-8-16)17(20)14-9-11-15(18)12-10-14;/h4-5,7-12H,2-3,13H2,1H3;/q-1;. The molecule has 0 heterocycles. The smallest absolute Gasteiger partial charge is 0.247 e. The van der Waals surface area contributed by atoms with Gasteiger partial charge >= 0.3 is 0 Å². The molecule has 0 saturated heterocycles. The molecule has 0 N–H and O–H groups in total. The number of unbranched alkanes of at least 4 members (excludes halogenated alkanes) is 1. The maximum absolute atomic E-state index is 12.6. The number of hydrogen-bond acceptors (Lipinski definition) is 1. The number of halogens is 1. The maximum Gasteiger partial charge on any atom is 0.247 e. The Morgan fingerprint density at radius 1 is 1.24 bits per heavy atom. The van der Waals surface area contributed by atoms with Crippen molar-refractivity contribution in [3.05, 3.63) is 65.2 Å². The second-order valence-electron chi connectivity index (χ2n) is 4.58. The molecular formula is C17H17ClNOTi-. The van der Waals surface area contributed by atoms with Crippen LogP contribution in [0.25, 0.3) is 0 Å². The van der Waals surface area contributed by atoms with Gasteiger partial charge in [0.1, 0.15) is 0 Å². The maximum atomic E-state index is 12.6. The van der Waals surface area contributed by atoms with Crippen molar-refractivity contribution >= 4 is 23.2 Å².